The highest BCUT2D eigenvalue weighted by molar-refractivity contribution is 5.65. The van der Waals surface area contributed by atoms with Crippen LogP contribution in [0, 0.1) is 61.2 Å². The van der Waals surface area contributed by atoms with Gasteiger partial charge in [0.1, 0.15) is 46.0 Å². The molecule has 1 heterocycles. The molecule has 0 amide bonds. The smallest absolute Gasteiger partial charge is 0.146 e. The van der Waals surface area contributed by atoms with Crippen molar-refractivity contribution in [2.45, 2.75) is 13.8 Å². The lowest BCUT2D eigenvalue weighted by molar-refractivity contribution is 0.437. The minimum atomic E-state index is 0.486. The maximum atomic E-state index is 6.76. The fraction of sp³-hybridized carbons (Fsp3) is 0.0345. The van der Waals surface area contributed by atoms with Crippen molar-refractivity contribution in [1.29, 1.82) is 0 Å². The minimum Gasteiger partial charge on any atom is -0.456 e. The van der Waals surface area contributed by atoms with Gasteiger partial charge in [0.15, 0.2) is 0 Å². The zero-order chi connectivity index (χ0) is 42.1. The van der Waals surface area contributed by atoms with E-state index in [-0.39, 0.29) is 0 Å². The summed E-state index contributed by atoms with van der Waals surface area (Å²) in [6.07, 6.45) is 0. The van der Waals surface area contributed by atoms with Crippen LogP contribution in [-0.2, 0) is 0 Å². The van der Waals surface area contributed by atoms with Crippen LogP contribution in [0.4, 0.5) is 0 Å². The molecule has 0 atom stereocenters. The monoisotopic (exact) mass is 796 g/mol. The van der Waals surface area contributed by atoms with Gasteiger partial charge in [-0.15, -0.1) is 0 Å². The topological polar surface area (TPSA) is 36.9 Å². The summed E-state index contributed by atoms with van der Waals surface area (Å²) in [5.74, 6) is 30.8. The number of hydrogen-bond donors (Lipinski definition) is 0. The van der Waals surface area contributed by atoms with Gasteiger partial charge in [0.25, 0.3) is 0 Å². The molecule has 8 aromatic rings. The van der Waals surface area contributed by atoms with Gasteiger partial charge in [0, 0.05) is 46.5 Å². The van der Waals surface area contributed by atoms with Crippen molar-refractivity contribution in [3.8, 4) is 93.4 Å². The minimum absolute atomic E-state index is 0.486. The Morgan fingerprint density at radius 2 is 0.500 bits per heavy atom. The standard InChI is InChI=1S/C58H36O4/c1-41-31-51-37-52(32-41)60-56-40-58(50(30-26-46-21-13-6-14-22-46)36-48(56)28-24-44-17-9-4-10-18-44)62-54-34-42(2)33-53(38-54)61-57-39-55(59-51)47(27-23-43-15-7-3-8-16-43)35-49(57)29-25-45-19-11-5-12-20-45/h3-22,31-40H,1-2H3. The van der Waals surface area contributed by atoms with Gasteiger partial charge >= 0.3 is 0 Å². The molecule has 0 N–H and O–H groups in total. The van der Waals surface area contributed by atoms with E-state index in [1.165, 1.54) is 0 Å². The third-order valence-corrected chi connectivity index (χ3v) is 9.58. The molecule has 1 aliphatic heterocycles. The molecular formula is C58H36O4. The van der Waals surface area contributed by atoms with Crippen LogP contribution in [0.2, 0.25) is 0 Å². The van der Waals surface area contributed by atoms with Crippen LogP contribution < -0.4 is 18.9 Å². The first-order valence-electron chi connectivity index (χ1n) is 20.0. The highest BCUT2D eigenvalue weighted by Crippen LogP contribution is 2.41. The lowest BCUT2D eigenvalue weighted by atomic mass is 10.1. The Morgan fingerprint density at radius 1 is 0.258 bits per heavy atom. The molecule has 0 spiro atoms. The third kappa shape index (κ3) is 9.72. The normalized spacial score (nSPS) is 10.7. The Labute approximate surface area is 362 Å². The predicted octanol–water partition coefficient (Wildman–Crippen LogP) is 13.4. The quantitative estimate of drug-likeness (QED) is 0.143. The fourth-order valence-electron chi connectivity index (χ4n) is 6.67. The van der Waals surface area contributed by atoms with Gasteiger partial charge < -0.3 is 18.9 Å². The van der Waals surface area contributed by atoms with Crippen molar-refractivity contribution in [3.63, 3.8) is 0 Å². The molecule has 8 aromatic carbocycles. The van der Waals surface area contributed by atoms with Gasteiger partial charge in [-0.05, 0) is 110 Å². The first-order chi connectivity index (χ1) is 30.5. The molecule has 0 unspecified atom stereocenters. The molecular weight excluding hydrogens is 761 g/mol. The Kier molecular flexibility index (Phi) is 11.2. The van der Waals surface area contributed by atoms with Crippen molar-refractivity contribution >= 4 is 0 Å². The van der Waals surface area contributed by atoms with E-state index in [2.05, 4.69) is 47.4 Å². The molecule has 292 valence electrons. The summed E-state index contributed by atoms with van der Waals surface area (Å²) in [4.78, 5) is 0. The molecule has 0 saturated carbocycles. The van der Waals surface area contributed by atoms with Crippen LogP contribution >= 0.6 is 0 Å². The van der Waals surface area contributed by atoms with Gasteiger partial charge in [-0.3, -0.25) is 0 Å². The van der Waals surface area contributed by atoms with E-state index in [1.807, 2.05) is 196 Å². The second-order valence-electron chi connectivity index (χ2n) is 14.5. The maximum Gasteiger partial charge on any atom is 0.146 e. The number of ether oxygens (including phenoxy) is 4. The van der Waals surface area contributed by atoms with Gasteiger partial charge in [0.2, 0.25) is 0 Å². The van der Waals surface area contributed by atoms with E-state index in [1.54, 1.807) is 0 Å². The summed E-state index contributed by atoms with van der Waals surface area (Å²) >= 11 is 0. The van der Waals surface area contributed by atoms with Crippen molar-refractivity contribution in [1.82, 2.24) is 0 Å². The lowest BCUT2D eigenvalue weighted by Crippen LogP contribution is -1.98. The Bertz CT molecular complexity index is 2780. The van der Waals surface area contributed by atoms with E-state index in [0.29, 0.717) is 68.2 Å². The average molecular weight is 797 g/mol. The van der Waals surface area contributed by atoms with E-state index in [9.17, 15) is 0 Å². The average Bonchev–Trinajstić information content (AvgIpc) is 3.28. The highest BCUT2D eigenvalue weighted by atomic mass is 16.5. The fourth-order valence-corrected chi connectivity index (χ4v) is 6.67. The van der Waals surface area contributed by atoms with Crippen LogP contribution in [0.15, 0.2) is 182 Å². The van der Waals surface area contributed by atoms with Crippen LogP contribution in [0.1, 0.15) is 55.6 Å². The molecule has 0 fully saturated rings. The zero-order valence-corrected chi connectivity index (χ0v) is 34.0. The number of aryl methyl sites for hydroxylation is 2. The molecule has 0 radical (unpaired) electrons. The molecule has 4 nitrogen and oxygen atoms in total. The van der Waals surface area contributed by atoms with E-state index in [4.69, 9.17) is 18.9 Å². The van der Waals surface area contributed by atoms with E-state index in [0.717, 1.165) is 33.4 Å². The van der Waals surface area contributed by atoms with Crippen molar-refractivity contribution in [2.75, 3.05) is 0 Å². The molecule has 62 heavy (non-hydrogen) atoms. The summed E-state index contributed by atoms with van der Waals surface area (Å²) in [5, 5.41) is 0. The predicted molar refractivity (Wildman–Crippen MR) is 245 cm³/mol. The summed E-state index contributed by atoms with van der Waals surface area (Å²) in [6, 6.07) is 58.4. The molecule has 0 aliphatic carbocycles. The SMILES string of the molecule is Cc1cc2cc(c1)Oc1cc(c(C#Cc3ccccc3)cc1C#Cc1ccccc1)Oc1cc(C)cc(c1)Oc1cc(c(C#Cc3ccccc3)cc1C#Cc1ccccc1)O2. The Balaban J connectivity index is 1.24. The zero-order valence-electron chi connectivity index (χ0n) is 34.0. The van der Waals surface area contributed by atoms with E-state index < -0.39 is 0 Å². The number of rotatable bonds is 0. The second kappa shape index (κ2) is 18.0. The molecule has 1 aliphatic rings. The summed E-state index contributed by atoms with van der Waals surface area (Å²) in [6.45, 7) is 3.99. The number of fused-ring (bicyclic) bond motifs is 8. The molecule has 0 aromatic heterocycles. The Morgan fingerprint density at radius 3 is 0.742 bits per heavy atom. The largest absolute Gasteiger partial charge is 0.456 e. The molecule has 0 saturated heterocycles. The van der Waals surface area contributed by atoms with Crippen LogP contribution in [-0.4, -0.2) is 0 Å². The lowest BCUT2D eigenvalue weighted by Gasteiger charge is -2.18. The third-order valence-electron chi connectivity index (χ3n) is 9.58. The van der Waals surface area contributed by atoms with Gasteiger partial charge in [-0.25, -0.2) is 0 Å². The molecule has 9 rings (SSSR count). The van der Waals surface area contributed by atoms with E-state index >= 15 is 0 Å². The van der Waals surface area contributed by atoms with Gasteiger partial charge in [-0.1, -0.05) is 120 Å². The Hall–Kier alpha value is -8.80. The summed E-state index contributed by atoms with van der Waals surface area (Å²) in [5.41, 5.74) is 7.83. The summed E-state index contributed by atoms with van der Waals surface area (Å²) in [7, 11) is 0. The number of hydrogen-bond acceptors (Lipinski definition) is 4. The van der Waals surface area contributed by atoms with Crippen LogP contribution in [0.25, 0.3) is 0 Å². The molecule has 8 bridgehead atoms. The van der Waals surface area contributed by atoms with Crippen molar-refractivity contribution in [3.05, 3.63) is 238 Å². The first kappa shape index (κ1) is 38.7. The maximum absolute atomic E-state index is 6.76. The molecule has 4 heteroatoms. The van der Waals surface area contributed by atoms with Crippen molar-refractivity contribution < 1.29 is 18.9 Å². The van der Waals surface area contributed by atoms with Crippen molar-refractivity contribution in [2.24, 2.45) is 0 Å². The van der Waals surface area contributed by atoms with Crippen LogP contribution in [0.5, 0.6) is 46.0 Å². The van der Waals surface area contributed by atoms with Crippen LogP contribution in [0.3, 0.4) is 0 Å². The number of benzene rings is 8. The van der Waals surface area contributed by atoms with Gasteiger partial charge in [-0.2, -0.15) is 0 Å². The summed E-state index contributed by atoms with van der Waals surface area (Å²) < 4.78 is 27.0. The second-order valence-corrected chi connectivity index (χ2v) is 14.5. The highest BCUT2D eigenvalue weighted by Gasteiger charge is 2.18. The van der Waals surface area contributed by atoms with Gasteiger partial charge in [0.05, 0.1) is 22.3 Å². The first-order valence-corrected chi connectivity index (χ1v) is 20.0.